The van der Waals surface area contributed by atoms with Crippen LogP contribution < -0.4 is 5.32 Å². The zero-order valence-corrected chi connectivity index (χ0v) is 12.0. The molecule has 112 valence electrons. The highest BCUT2D eigenvalue weighted by Crippen LogP contribution is 2.34. The van der Waals surface area contributed by atoms with Crippen molar-refractivity contribution in [1.82, 2.24) is 4.98 Å². The van der Waals surface area contributed by atoms with Crippen LogP contribution in [0.3, 0.4) is 0 Å². The predicted molar refractivity (Wildman–Crippen MR) is 80.1 cm³/mol. The Hall–Kier alpha value is -2.89. The molecule has 0 saturated carbocycles. The van der Waals surface area contributed by atoms with E-state index in [9.17, 15) is 19.1 Å². The number of carboxylic acids is 1. The number of amides is 1. The van der Waals surface area contributed by atoms with E-state index in [-0.39, 0.29) is 11.5 Å². The highest BCUT2D eigenvalue weighted by Gasteiger charge is 2.25. The normalized spacial score (nSPS) is 15.0. The van der Waals surface area contributed by atoms with E-state index >= 15 is 0 Å². The van der Waals surface area contributed by atoms with Crippen molar-refractivity contribution in [1.29, 1.82) is 0 Å². The summed E-state index contributed by atoms with van der Waals surface area (Å²) in [7, 11) is 0. The van der Waals surface area contributed by atoms with E-state index < -0.39 is 11.8 Å². The van der Waals surface area contributed by atoms with Gasteiger partial charge in [-0.2, -0.15) is 0 Å². The van der Waals surface area contributed by atoms with E-state index in [0.29, 0.717) is 33.8 Å². The number of carbonyl (C=O) groups excluding carboxylic acids is 1. The van der Waals surface area contributed by atoms with Gasteiger partial charge in [0.15, 0.2) is 0 Å². The maximum atomic E-state index is 13.4. The number of hydrogen-bond donors (Lipinski definition) is 3. The molecule has 22 heavy (non-hydrogen) atoms. The molecule has 0 radical (unpaired) electrons. The summed E-state index contributed by atoms with van der Waals surface area (Å²) in [5, 5.41) is 11.9. The van der Waals surface area contributed by atoms with Gasteiger partial charge in [0.2, 0.25) is 0 Å². The Labute approximate surface area is 125 Å². The van der Waals surface area contributed by atoms with Crippen LogP contribution in [0.2, 0.25) is 0 Å². The molecule has 3 N–H and O–H groups in total. The maximum Gasteiger partial charge on any atom is 0.337 e. The zero-order chi connectivity index (χ0) is 16.0. The first-order chi connectivity index (χ1) is 10.4. The summed E-state index contributed by atoms with van der Waals surface area (Å²) in [6.07, 6.45) is 1.55. The maximum absolute atomic E-state index is 13.4. The van der Waals surface area contributed by atoms with E-state index in [4.69, 9.17) is 0 Å². The van der Waals surface area contributed by atoms with Crippen LogP contribution in [0, 0.1) is 19.7 Å². The summed E-state index contributed by atoms with van der Waals surface area (Å²) in [6, 6.07) is 4.05. The minimum Gasteiger partial charge on any atom is -0.478 e. The third kappa shape index (κ3) is 2.09. The van der Waals surface area contributed by atoms with Gasteiger partial charge in [-0.15, -0.1) is 0 Å². The van der Waals surface area contributed by atoms with Crippen molar-refractivity contribution in [3.8, 4) is 0 Å². The number of aromatic nitrogens is 1. The summed E-state index contributed by atoms with van der Waals surface area (Å²) >= 11 is 0. The van der Waals surface area contributed by atoms with Crippen LogP contribution in [0.15, 0.2) is 18.2 Å². The number of H-pyrrole nitrogens is 1. The fourth-order valence-electron chi connectivity index (χ4n) is 2.69. The molecule has 0 aliphatic carbocycles. The molecule has 0 unspecified atom stereocenters. The Morgan fingerprint density at radius 3 is 2.68 bits per heavy atom. The third-order valence-electron chi connectivity index (χ3n) is 3.74. The monoisotopic (exact) mass is 301 g/mol. The van der Waals surface area contributed by atoms with Crippen LogP contribution >= 0.6 is 0 Å². The van der Waals surface area contributed by atoms with E-state index in [1.54, 1.807) is 19.9 Å². The van der Waals surface area contributed by atoms with Gasteiger partial charge in [-0.1, -0.05) is 0 Å². The Morgan fingerprint density at radius 2 is 2.05 bits per heavy atom. The molecule has 0 bridgehead atoms. The van der Waals surface area contributed by atoms with Crippen LogP contribution in [0.4, 0.5) is 10.1 Å². The first-order valence-corrected chi connectivity index (χ1v) is 6.64. The number of aryl methyl sites for hydroxylation is 1. The third-order valence-corrected chi connectivity index (χ3v) is 3.74. The highest BCUT2D eigenvalue weighted by atomic mass is 19.1. The molecule has 3 rings (SSSR count). The summed E-state index contributed by atoms with van der Waals surface area (Å²) in [5.74, 6) is -1.81. The largest absolute Gasteiger partial charge is 0.478 e. The Kier molecular flexibility index (Phi) is 3.09. The lowest BCUT2D eigenvalue weighted by atomic mass is 10.1. The Morgan fingerprint density at radius 1 is 1.32 bits per heavy atom. The summed E-state index contributed by atoms with van der Waals surface area (Å²) in [4.78, 5) is 26.2. The van der Waals surface area contributed by atoms with Gasteiger partial charge >= 0.3 is 5.97 Å². The van der Waals surface area contributed by atoms with E-state index in [0.717, 1.165) is 0 Å². The zero-order valence-electron chi connectivity index (χ0n) is 12.0. The molecular weight excluding hydrogens is 288 g/mol. The lowest BCUT2D eigenvalue weighted by molar-refractivity contribution is -0.110. The molecule has 1 aromatic heterocycles. The van der Waals surface area contributed by atoms with Crippen molar-refractivity contribution < 1.29 is 19.1 Å². The molecule has 1 amide bonds. The second kappa shape index (κ2) is 4.84. The molecule has 2 heterocycles. The fourth-order valence-corrected chi connectivity index (χ4v) is 2.69. The van der Waals surface area contributed by atoms with E-state index in [2.05, 4.69) is 10.3 Å². The van der Waals surface area contributed by atoms with Gasteiger partial charge in [-0.3, -0.25) is 4.79 Å². The molecule has 2 aromatic rings. The smallest absolute Gasteiger partial charge is 0.337 e. The average Bonchev–Trinajstić information content (AvgIpc) is 2.88. The number of halogens is 1. The van der Waals surface area contributed by atoms with Crippen LogP contribution in [0.25, 0.3) is 11.6 Å². The lowest BCUT2D eigenvalue weighted by Crippen LogP contribution is -2.03. The number of benzene rings is 1. The first kappa shape index (κ1) is 14.1. The van der Waals surface area contributed by atoms with Crippen LogP contribution in [0.5, 0.6) is 0 Å². The minimum atomic E-state index is -1.03. The number of rotatable bonds is 2. The van der Waals surface area contributed by atoms with Crippen molar-refractivity contribution in [3.63, 3.8) is 0 Å². The van der Waals surface area contributed by atoms with Crippen molar-refractivity contribution in [2.24, 2.45) is 0 Å². The summed E-state index contributed by atoms with van der Waals surface area (Å²) in [5.41, 5.74) is 3.06. The summed E-state index contributed by atoms with van der Waals surface area (Å²) < 4.78 is 13.4. The second-order valence-electron chi connectivity index (χ2n) is 5.17. The second-order valence-corrected chi connectivity index (χ2v) is 5.17. The quantitative estimate of drug-likeness (QED) is 0.589. The van der Waals surface area contributed by atoms with Gasteiger partial charge in [0.25, 0.3) is 5.91 Å². The van der Waals surface area contributed by atoms with Crippen LogP contribution in [-0.2, 0) is 4.79 Å². The number of carboxylic acid groups (broad SMARTS) is 1. The summed E-state index contributed by atoms with van der Waals surface area (Å²) in [6.45, 7) is 3.32. The SMILES string of the molecule is Cc1[nH]c(/[13CH]=C2\C(=O)Nc3ccc(F)cc32)c(C)c1C(=O)O. The molecule has 0 saturated heterocycles. The Bertz CT molecular complexity index is 849. The molecule has 1 aromatic carbocycles. The predicted octanol–water partition coefficient (Wildman–Crippen LogP) is 2.96. The number of fused-ring (bicyclic) bond motifs is 1. The van der Waals surface area contributed by atoms with Gasteiger partial charge in [0, 0.05) is 22.6 Å². The standard InChI is InChI=1S/C16H13FN2O3/c1-7-13(18-8(2)14(7)16(21)22)6-11-10-5-9(17)3-4-12(10)19-15(11)20/h3-6,18H,1-2H3,(H,19,20)(H,21,22)/b11-6-/i6+1. The number of aromatic amines is 1. The molecule has 1 aliphatic rings. The van der Waals surface area contributed by atoms with E-state index in [1.165, 1.54) is 18.2 Å². The molecule has 5 nitrogen and oxygen atoms in total. The molecular formula is C16H13FN2O3. The van der Waals surface area contributed by atoms with Gasteiger partial charge < -0.3 is 15.4 Å². The fraction of sp³-hybridized carbons (Fsp3) is 0.125. The van der Waals surface area contributed by atoms with Crippen molar-refractivity contribution in [3.05, 3.63) is 52.1 Å². The molecule has 0 spiro atoms. The molecule has 6 heteroatoms. The lowest BCUT2D eigenvalue weighted by Gasteiger charge is -1.99. The van der Waals surface area contributed by atoms with Gasteiger partial charge in [0.1, 0.15) is 5.82 Å². The molecule has 0 atom stereocenters. The van der Waals surface area contributed by atoms with Crippen LogP contribution in [0.1, 0.15) is 32.9 Å². The minimum absolute atomic E-state index is 0.185. The average molecular weight is 301 g/mol. The topological polar surface area (TPSA) is 82.2 Å². The number of anilines is 1. The van der Waals surface area contributed by atoms with Crippen molar-refractivity contribution in [2.45, 2.75) is 13.8 Å². The Balaban J connectivity index is 2.15. The number of nitrogens with one attached hydrogen (secondary N) is 2. The number of aromatic carboxylic acids is 1. The van der Waals surface area contributed by atoms with Gasteiger partial charge in [-0.25, -0.2) is 9.18 Å². The first-order valence-electron chi connectivity index (χ1n) is 6.64. The van der Waals surface area contributed by atoms with Crippen molar-refractivity contribution in [2.75, 3.05) is 5.32 Å². The number of carbonyl (C=O) groups is 2. The van der Waals surface area contributed by atoms with Gasteiger partial charge in [-0.05, 0) is 43.7 Å². The van der Waals surface area contributed by atoms with Gasteiger partial charge in [0.05, 0.1) is 11.1 Å². The van der Waals surface area contributed by atoms with Crippen molar-refractivity contribution >= 4 is 29.2 Å². The van der Waals surface area contributed by atoms with Crippen LogP contribution in [-0.4, -0.2) is 22.0 Å². The van der Waals surface area contributed by atoms with E-state index in [1.807, 2.05) is 0 Å². The number of hydrogen-bond acceptors (Lipinski definition) is 2. The highest BCUT2D eigenvalue weighted by molar-refractivity contribution is 6.34. The molecule has 0 fully saturated rings. The molecule has 1 aliphatic heterocycles.